The number of nitro benzene ring substituents is 2. The highest BCUT2D eigenvalue weighted by Crippen LogP contribution is 2.24. The van der Waals surface area contributed by atoms with Crippen molar-refractivity contribution in [2.24, 2.45) is 0 Å². The lowest BCUT2D eigenvalue weighted by Crippen LogP contribution is -2.40. The van der Waals surface area contributed by atoms with E-state index >= 15 is 0 Å². The van der Waals surface area contributed by atoms with Crippen LogP contribution in [0.4, 0.5) is 27.5 Å². The normalized spacial score (nSPS) is 10.7. The summed E-state index contributed by atoms with van der Waals surface area (Å²) in [4.78, 5) is 58.3. The number of benzene rings is 2. The highest BCUT2D eigenvalue weighted by Gasteiger charge is 2.20. The minimum atomic E-state index is -1.05. The van der Waals surface area contributed by atoms with E-state index in [0.717, 1.165) is 36.4 Å². The van der Waals surface area contributed by atoms with Crippen molar-refractivity contribution in [3.05, 3.63) is 67.8 Å². The number of hydrogen-bond donors (Lipinski definition) is 8. The Balaban J connectivity index is 2.30. The largest absolute Gasteiger partial charge is 0.394 e. The molecule has 204 valence electrons. The van der Waals surface area contributed by atoms with Crippen molar-refractivity contribution in [2.75, 3.05) is 37.1 Å². The fourth-order valence-electron chi connectivity index (χ4n) is 2.97. The fraction of sp³-hybridized carbons (Fsp3) is 0.286. The number of hydrogen-bond acceptors (Lipinski definition) is 11. The standard InChI is InChI=1S/C21H24N6O11/c28-7-15(8-29)22-19(32)11-1-13(5-17(3-11)26(35)36)24-21(34)25-14-2-12(4-18(6-14)27(37)38)20(33)23-16(9-30)10-31/h1-6,15-16,28-31H,7-10H2,(H,22,32)(H,23,33)(H2,24,25,34). The van der Waals surface area contributed by atoms with Crippen LogP contribution in [0.1, 0.15) is 20.7 Å². The average molecular weight is 536 g/mol. The van der Waals surface area contributed by atoms with Crippen molar-refractivity contribution in [2.45, 2.75) is 12.1 Å². The lowest BCUT2D eigenvalue weighted by molar-refractivity contribution is -0.385. The fourth-order valence-corrected chi connectivity index (χ4v) is 2.97. The molecule has 0 radical (unpaired) electrons. The van der Waals surface area contributed by atoms with Crippen LogP contribution in [0.3, 0.4) is 0 Å². The first kappa shape index (κ1) is 29.5. The molecule has 0 aromatic heterocycles. The summed E-state index contributed by atoms with van der Waals surface area (Å²) in [6.45, 7) is -2.41. The number of carbonyl (C=O) groups is 3. The third kappa shape index (κ3) is 8.17. The van der Waals surface area contributed by atoms with Gasteiger partial charge in [0.15, 0.2) is 0 Å². The molecule has 17 heteroatoms. The molecule has 0 saturated carbocycles. The summed E-state index contributed by atoms with van der Waals surface area (Å²) < 4.78 is 0. The third-order valence-electron chi connectivity index (χ3n) is 4.85. The maximum atomic E-state index is 12.6. The zero-order chi connectivity index (χ0) is 28.4. The van der Waals surface area contributed by atoms with Gasteiger partial charge in [-0.05, 0) is 12.1 Å². The Morgan fingerprint density at radius 2 is 1.00 bits per heavy atom. The van der Waals surface area contributed by atoms with Gasteiger partial charge in [-0.3, -0.25) is 29.8 Å². The number of nitrogens with one attached hydrogen (secondary N) is 4. The summed E-state index contributed by atoms with van der Waals surface area (Å²) in [5.41, 5.74) is -2.15. The van der Waals surface area contributed by atoms with Gasteiger partial charge in [0.25, 0.3) is 23.2 Å². The molecule has 38 heavy (non-hydrogen) atoms. The van der Waals surface area contributed by atoms with Crippen LogP contribution in [-0.4, -0.2) is 86.6 Å². The molecule has 0 atom stereocenters. The Morgan fingerprint density at radius 1 is 0.658 bits per heavy atom. The van der Waals surface area contributed by atoms with Gasteiger partial charge < -0.3 is 41.7 Å². The van der Waals surface area contributed by atoms with Crippen molar-refractivity contribution in [1.29, 1.82) is 0 Å². The number of rotatable bonds is 12. The van der Waals surface area contributed by atoms with Crippen molar-refractivity contribution < 1.29 is 44.7 Å². The Hall–Kier alpha value is -4.71. The number of amides is 4. The molecule has 0 unspecified atom stereocenters. The molecule has 17 nitrogen and oxygen atoms in total. The van der Waals surface area contributed by atoms with E-state index < -0.39 is 77.6 Å². The molecule has 2 aromatic rings. The number of non-ortho nitro benzene ring substituents is 2. The second-order valence-electron chi connectivity index (χ2n) is 7.70. The number of aliphatic hydroxyl groups is 4. The molecule has 0 heterocycles. The molecule has 0 fully saturated rings. The Bertz CT molecular complexity index is 1120. The second kappa shape index (κ2) is 13.6. The molecule has 0 aliphatic carbocycles. The Labute approximate surface area is 213 Å². The van der Waals surface area contributed by atoms with Crippen LogP contribution in [0.2, 0.25) is 0 Å². The summed E-state index contributed by atoms with van der Waals surface area (Å²) in [5, 5.41) is 68.0. The molecule has 8 N–H and O–H groups in total. The van der Waals surface area contributed by atoms with Crippen LogP contribution in [0.25, 0.3) is 0 Å². The predicted molar refractivity (Wildman–Crippen MR) is 130 cm³/mol. The Kier molecular flexibility index (Phi) is 10.5. The second-order valence-corrected chi connectivity index (χ2v) is 7.70. The van der Waals surface area contributed by atoms with E-state index in [0.29, 0.717) is 0 Å². The molecule has 0 aliphatic rings. The van der Waals surface area contributed by atoms with Crippen molar-refractivity contribution in [3.8, 4) is 0 Å². The molecule has 4 amide bonds. The highest BCUT2D eigenvalue weighted by atomic mass is 16.6. The number of nitro groups is 2. The van der Waals surface area contributed by atoms with Gasteiger partial charge in [0.1, 0.15) is 0 Å². The van der Waals surface area contributed by atoms with Crippen LogP contribution >= 0.6 is 0 Å². The van der Waals surface area contributed by atoms with E-state index in [1.54, 1.807) is 0 Å². The number of carbonyl (C=O) groups excluding carboxylic acids is 3. The smallest absolute Gasteiger partial charge is 0.323 e. The van der Waals surface area contributed by atoms with E-state index in [4.69, 9.17) is 20.4 Å². The topological polar surface area (TPSA) is 267 Å². The summed E-state index contributed by atoms with van der Waals surface area (Å²) in [6.07, 6.45) is 0. The van der Waals surface area contributed by atoms with Crippen LogP contribution < -0.4 is 21.3 Å². The number of nitrogens with zero attached hydrogens (tertiary/aromatic N) is 2. The summed E-state index contributed by atoms with van der Waals surface area (Å²) in [7, 11) is 0. The molecular formula is C21H24N6O11. The average Bonchev–Trinajstić information content (AvgIpc) is 2.89. The van der Waals surface area contributed by atoms with Crippen molar-refractivity contribution in [1.82, 2.24) is 10.6 Å². The third-order valence-corrected chi connectivity index (χ3v) is 4.85. The molecule has 0 bridgehead atoms. The number of anilines is 2. The van der Waals surface area contributed by atoms with Crippen molar-refractivity contribution in [3.63, 3.8) is 0 Å². The molecule has 0 aliphatic heterocycles. The predicted octanol–water partition coefficient (Wildman–Crippen LogP) is -0.687. The Morgan fingerprint density at radius 3 is 1.29 bits per heavy atom. The van der Waals surface area contributed by atoms with Gasteiger partial charge in [-0.15, -0.1) is 0 Å². The first-order valence-electron chi connectivity index (χ1n) is 10.7. The van der Waals surface area contributed by atoms with Gasteiger partial charge in [-0.25, -0.2) is 4.79 Å². The van der Waals surface area contributed by atoms with Gasteiger partial charge in [0, 0.05) is 35.4 Å². The van der Waals surface area contributed by atoms with Gasteiger partial charge in [-0.1, -0.05) is 0 Å². The minimum Gasteiger partial charge on any atom is -0.394 e. The minimum absolute atomic E-state index is 0.219. The van der Waals surface area contributed by atoms with Crippen LogP contribution in [0, 0.1) is 20.2 Å². The molecule has 0 spiro atoms. The quantitative estimate of drug-likeness (QED) is 0.124. The summed E-state index contributed by atoms with van der Waals surface area (Å²) in [5.74, 6) is -1.77. The number of urea groups is 1. The van der Waals surface area contributed by atoms with E-state index in [1.165, 1.54) is 0 Å². The monoisotopic (exact) mass is 536 g/mol. The maximum absolute atomic E-state index is 12.6. The first-order valence-corrected chi connectivity index (χ1v) is 10.7. The van der Waals surface area contributed by atoms with Gasteiger partial charge in [-0.2, -0.15) is 0 Å². The van der Waals surface area contributed by atoms with E-state index in [9.17, 15) is 34.6 Å². The summed E-state index contributed by atoms with van der Waals surface area (Å²) in [6, 6.07) is 2.70. The van der Waals surface area contributed by atoms with Crippen LogP contribution in [0.5, 0.6) is 0 Å². The van der Waals surface area contributed by atoms with Gasteiger partial charge >= 0.3 is 6.03 Å². The molecule has 2 rings (SSSR count). The first-order chi connectivity index (χ1) is 18.0. The van der Waals surface area contributed by atoms with Gasteiger partial charge in [0.2, 0.25) is 0 Å². The molecule has 0 saturated heterocycles. The molecular weight excluding hydrogens is 512 g/mol. The van der Waals surface area contributed by atoms with Crippen LogP contribution in [0.15, 0.2) is 36.4 Å². The summed E-state index contributed by atoms with van der Waals surface area (Å²) >= 11 is 0. The number of aliphatic hydroxyl groups excluding tert-OH is 4. The zero-order valence-electron chi connectivity index (χ0n) is 19.5. The lowest BCUT2D eigenvalue weighted by atomic mass is 10.1. The molecule has 2 aromatic carbocycles. The van der Waals surface area contributed by atoms with E-state index in [-0.39, 0.29) is 22.5 Å². The maximum Gasteiger partial charge on any atom is 0.323 e. The van der Waals surface area contributed by atoms with E-state index in [2.05, 4.69) is 21.3 Å². The van der Waals surface area contributed by atoms with Gasteiger partial charge in [0.05, 0.1) is 59.7 Å². The van der Waals surface area contributed by atoms with E-state index in [1.807, 2.05) is 0 Å². The lowest BCUT2D eigenvalue weighted by Gasteiger charge is -2.15. The van der Waals surface area contributed by atoms with Crippen molar-refractivity contribution >= 4 is 40.6 Å². The SMILES string of the molecule is O=C(Nc1cc(C(=O)NC(CO)CO)cc([N+](=O)[O-])c1)Nc1cc(C(=O)NC(CO)CO)cc([N+](=O)[O-])c1. The van der Waals surface area contributed by atoms with Crippen LogP contribution in [-0.2, 0) is 0 Å². The highest BCUT2D eigenvalue weighted by molar-refractivity contribution is 6.03. The zero-order valence-corrected chi connectivity index (χ0v) is 19.5.